The molecule has 7 nitrogen and oxygen atoms in total. The summed E-state index contributed by atoms with van der Waals surface area (Å²) in [6.07, 6.45) is -9.35. The molecule has 0 amide bonds. The number of alkyl halides is 6. The van der Waals surface area contributed by atoms with Crippen molar-refractivity contribution in [1.29, 1.82) is 5.26 Å². The van der Waals surface area contributed by atoms with Crippen molar-refractivity contribution in [2.75, 3.05) is 29.9 Å². The maximum absolute atomic E-state index is 14.0. The number of carboxylic acid groups (broad SMARTS) is 1. The first kappa shape index (κ1) is 35.7. The van der Waals surface area contributed by atoms with E-state index in [1.54, 1.807) is 6.92 Å². The number of Topliss-reactive ketones (excluding diaryl/α,β-unsaturated/α-hetero) is 1. The van der Waals surface area contributed by atoms with Crippen LogP contribution < -0.4 is 16.0 Å². The van der Waals surface area contributed by atoms with Gasteiger partial charge in [0.1, 0.15) is 28.5 Å². The van der Waals surface area contributed by atoms with Gasteiger partial charge in [-0.25, -0.2) is 4.39 Å². The van der Waals surface area contributed by atoms with Crippen LogP contribution in [0.2, 0.25) is 0 Å². The number of hydrogen-bond acceptors (Lipinski definition) is 7. The van der Waals surface area contributed by atoms with Crippen molar-refractivity contribution in [1.82, 2.24) is 0 Å². The maximum atomic E-state index is 14.0. The summed E-state index contributed by atoms with van der Waals surface area (Å²) in [5.74, 6) is -2.68. The lowest BCUT2D eigenvalue weighted by Gasteiger charge is -2.34. The molecule has 252 valence electrons. The van der Waals surface area contributed by atoms with Gasteiger partial charge in [-0.3, -0.25) is 9.59 Å². The fourth-order valence-electron chi connectivity index (χ4n) is 5.52. The molecule has 1 saturated heterocycles. The van der Waals surface area contributed by atoms with Gasteiger partial charge in [-0.05, 0) is 86.6 Å². The standard InChI is InChI=1S/C32H31F7N4O3S/c1-16-10-21(33)4-5-22(16)27-26(23(14-40)28(47-27)43-8-6-17(7-9-43)25(41)29(45)46)42-15-24(44)30(2,3)18-11-19(31(34,35)36)13-20(12-18)32(37,38)39/h4-5,10-13,17,25,42H,6-9,15,41H2,1-3H3,(H,45,46). The minimum absolute atomic E-state index is 0.0101. The van der Waals surface area contributed by atoms with Crippen molar-refractivity contribution < 1.29 is 45.4 Å². The van der Waals surface area contributed by atoms with Crippen molar-refractivity contribution in [3.63, 3.8) is 0 Å². The van der Waals surface area contributed by atoms with E-state index in [1.165, 1.54) is 43.4 Å². The molecule has 1 fully saturated rings. The fourth-order valence-corrected chi connectivity index (χ4v) is 6.89. The number of halogens is 7. The Labute approximate surface area is 269 Å². The molecule has 2 aromatic carbocycles. The summed E-state index contributed by atoms with van der Waals surface area (Å²) in [5.41, 5.74) is 1.76. The number of nitrogens with zero attached hydrogens (tertiary/aromatic N) is 2. The lowest BCUT2D eigenvalue weighted by molar-refractivity contribution is -0.143. The van der Waals surface area contributed by atoms with Gasteiger partial charge in [0.15, 0.2) is 5.78 Å². The molecule has 0 saturated carbocycles. The molecule has 1 aromatic heterocycles. The van der Waals surface area contributed by atoms with Gasteiger partial charge in [0.05, 0.1) is 33.7 Å². The van der Waals surface area contributed by atoms with Crippen molar-refractivity contribution in [2.24, 2.45) is 11.7 Å². The molecule has 15 heteroatoms. The SMILES string of the molecule is Cc1cc(F)ccc1-c1sc(N2CCC(C(N)C(=O)O)CC2)c(C#N)c1NCC(=O)C(C)(C)c1cc(C(F)(F)F)cc(C(F)(F)F)c1. The van der Waals surface area contributed by atoms with E-state index < -0.39 is 64.6 Å². The molecule has 0 aliphatic carbocycles. The highest BCUT2D eigenvalue weighted by molar-refractivity contribution is 7.20. The van der Waals surface area contributed by atoms with Gasteiger partial charge in [0, 0.05) is 13.1 Å². The van der Waals surface area contributed by atoms with Gasteiger partial charge >= 0.3 is 18.3 Å². The number of nitrogens with two attached hydrogens (primary N) is 1. The van der Waals surface area contributed by atoms with Crippen LogP contribution in [0, 0.1) is 30.0 Å². The predicted molar refractivity (Wildman–Crippen MR) is 163 cm³/mol. The first-order valence-electron chi connectivity index (χ1n) is 14.4. The number of aliphatic carboxylic acids is 1. The van der Waals surface area contributed by atoms with E-state index in [4.69, 9.17) is 5.73 Å². The normalized spacial score (nSPS) is 15.3. The largest absolute Gasteiger partial charge is 0.480 e. The number of aryl methyl sites for hydroxylation is 1. The molecule has 4 N–H and O–H groups in total. The number of thiophene rings is 1. The van der Waals surface area contributed by atoms with E-state index in [0.29, 0.717) is 59.1 Å². The third-order valence-corrected chi connectivity index (χ3v) is 9.77. The van der Waals surface area contributed by atoms with Gasteiger partial charge in [-0.2, -0.15) is 31.6 Å². The zero-order valence-electron chi connectivity index (χ0n) is 25.4. The highest BCUT2D eigenvalue weighted by Gasteiger charge is 2.40. The number of piperidine rings is 1. The Morgan fingerprint density at radius 1 is 1.04 bits per heavy atom. The van der Waals surface area contributed by atoms with Crippen molar-refractivity contribution in [3.05, 3.63) is 70.0 Å². The van der Waals surface area contributed by atoms with E-state index >= 15 is 0 Å². The predicted octanol–water partition coefficient (Wildman–Crippen LogP) is 7.36. The number of ketones is 1. The third kappa shape index (κ3) is 7.54. The highest BCUT2D eigenvalue weighted by Crippen LogP contribution is 2.48. The minimum atomic E-state index is -5.10. The van der Waals surface area contributed by atoms with Gasteiger partial charge in [-0.15, -0.1) is 11.3 Å². The molecule has 0 bridgehead atoms. The van der Waals surface area contributed by atoms with Crippen molar-refractivity contribution >= 4 is 33.8 Å². The molecule has 1 unspecified atom stereocenters. The zero-order chi connectivity index (χ0) is 35.1. The lowest BCUT2D eigenvalue weighted by atomic mass is 9.79. The van der Waals surface area contributed by atoms with E-state index in [1.807, 2.05) is 4.90 Å². The average Bonchev–Trinajstić information content (AvgIpc) is 3.36. The molecule has 0 radical (unpaired) electrons. The number of hydrogen-bond donors (Lipinski definition) is 3. The number of nitriles is 1. The summed E-state index contributed by atoms with van der Waals surface area (Å²) < 4.78 is 95.2. The Kier molecular flexibility index (Phi) is 9.99. The Morgan fingerprint density at radius 2 is 1.60 bits per heavy atom. The molecule has 4 rings (SSSR count). The van der Waals surface area contributed by atoms with Crippen LogP contribution in [-0.2, 0) is 27.4 Å². The number of carboxylic acids is 1. The van der Waals surface area contributed by atoms with Gasteiger partial charge in [0.2, 0.25) is 0 Å². The molecule has 0 spiro atoms. The summed E-state index contributed by atoms with van der Waals surface area (Å²) in [7, 11) is 0. The van der Waals surface area contributed by atoms with E-state index in [9.17, 15) is 50.7 Å². The number of benzene rings is 2. The first-order valence-corrected chi connectivity index (χ1v) is 15.2. The van der Waals surface area contributed by atoms with Crippen LogP contribution >= 0.6 is 11.3 Å². The number of anilines is 2. The second-order valence-corrected chi connectivity index (χ2v) is 12.9. The summed E-state index contributed by atoms with van der Waals surface area (Å²) in [4.78, 5) is 27.3. The van der Waals surface area contributed by atoms with Gasteiger partial charge in [0.25, 0.3) is 0 Å². The average molecular weight is 685 g/mol. The third-order valence-electron chi connectivity index (χ3n) is 8.49. The summed E-state index contributed by atoms with van der Waals surface area (Å²) in [6.45, 7) is 4.24. The van der Waals surface area contributed by atoms with E-state index in [0.717, 1.165) is 0 Å². The van der Waals surface area contributed by atoms with Gasteiger partial charge < -0.3 is 21.1 Å². The van der Waals surface area contributed by atoms with Crippen LogP contribution in [0.3, 0.4) is 0 Å². The van der Waals surface area contributed by atoms with Gasteiger partial charge in [-0.1, -0.05) is 6.07 Å². The molecule has 47 heavy (non-hydrogen) atoms. The molecule has 1 aliphatic heterocycles. The summed E-state index contributed by atoms with van der Waals surface area (Å²) in [6, 6.07) is 6.10. The number of carbonyl (C=O) groups excluding carboxylic acids is 1. The van der Waals surface area contributed by atoms with Crippen LogP contribution in [0.4, 0.5) is 41.4 Å². The molecule has 1 aliphatic rings. The van der Waals surface area contributed by atoms with Crippen molar-refractivity contribution in [3.8, 4) is 16.5 Å². The number of nitrogens with one attached hydrogen (secondary N) is 1. The van der Waals surface area contributed by atoms with Crippen LogP contribution in [0.25, 0.3) is 10.4 Å². The second-order valence-electron chi connectivity index (χ2n) is 11.9. The minimum Gasteiger partial charge on any atom is -0.480 e. The number of carbonyl (C=O) groups is 2. The van der Waals surface area contributed by atoms with Crippen LogP contribution in [-0.4, -0.2) is 42.5 Å². The Balaban J connectivity index is 1.71. The van der Waals surface area contributed by atoms with E-state index in [-0.39, 0.29) is 23.2 Å². The Hall–Kier alpha value is -4.16. The summed E-state index contributed by atoms with van der Waals surface area (Å²) in [5, 5.41) is 23.0. The van der Waals surface area contributed by atoms with Crippen LogP contribution in [0.15, 0.2) is 36.4 Å². The molecular formula is C32H31F7N4O3S. The zero-order valence-corrected chi connectivity index (χ0v) is 26.3. The molecule has 2 heterocycles. The fraction of sp³-hybridized carbons (Fsp3) is 0.406. The quantitative estimate of drug-likeness (QED) is 0.202. The lowest BCUT2D eigenvalue weighted by Crippen LogP contribution is -2.44. The summed E-state index contributed by atoms with van der Waals surface area (Å²) >= 11 is 1.18. The highest BCUT2D eigenvalue weighted by atomic mass is 32.1. The molecule has 1 atom stereocenters. The Bertz CT molecular complexity index is 1690. The second kappa shape index (κ2) is 13.2. The molecule has 3 aromatic rings. The maximum Gasteiger partial charge on any atom is 0.416 e. The van der Waals surface area contributed by atoms with Crippen LogP contribution in [0.5, 0.6) is 0 Å². The first-order chi connectivity index (χ1) is 21.7. The smallest absolute Gasteiger partial charge is 0.416 e. The molecular weight excluding hydrogens is 653 g/mol. The van der Waals surface area contributed by atoms with Crippen molar-refractivity contribution in [2.45, 2.75) is 57.4 Å². The topological polar surface area (TPSA) is 119 Å². The van der Waals surface area contributed by atoms with E-state index in [2.05, 4.69) is 11.4 Å². The Morgan fingerprint density at radius 3 is 2.09 bits per heavy atom. The van der Waals surface area contributed by atoms with Crippen LogP contribution in [0.1, 0.15) is 54.5 Å². The number of rotatable bonds is 9. The monoisotopic (exact) mass is 684 g/mol.